The number of nitrogens with zero attached hydrogens (tertiary/aromatic N) is 4. The monoisotopic (exact) mass is 579 g/mol. The maximum absolute atomic E-state index is 14.5. The number of carbonyl (C=O) groups excluding carboxylic acids is 1. The highest BCUT2D eigenvalue weighted by Gasteiger charge is 2.44. The molecule has 4 fully saturated rings. The molecule has 0 bridgehead atoms. The Hall–Kier alpha value is -2.35. The lowest BCUT2D eigenvalue weighted by molar-refractivity contribution is -0.188. The number of anilines is 2. The highest BCUT2D eigenvalue weighted by molar-refractivity contribution is 7.90. The lowest BCUT2D eigenvalue weighted by Gasteiger charge is -2.36. The van der Waals surface area contributed by atoms with Gasteiger partial charge in [-0.05, 0) is 50.3 Å². The number of piperidine rings is 1. The summed E-state index contributed by atoms with van der Waals surface area (Å²) in [5.41, 5.74) is 0.135. The first-order valence-corrected chi connectivity index (χ1v) is 16.3. The van der Waals surface area contributed by atoms with E-state index in [2.05, 4.69) is 14.6 Å². The third kappa shape index (κ3) is 5.50. The van der Waals surface area contributed by atoms with E-state index in [1.165, 1.54) is 30.1 Å². The SMILES string of the molecule is CS(=O)(=O)c1ccc(NC2CCN(C3CCN(c4nc(C5COC6(CCCCC6)O5)ns4)CC3)C2=O)c(F)c1. The van der Waals surface area contributed by atoms with Crippen LogP contribution in [0.5, 0.6) is 0 Å². The molecule has 13 heteroatoms. The number of aromatic nitrogens is 2. The number of benzene rings is 1. The molecule has 2 aromatic rings. The van der Waals surface area contributed by atoms with Crippen molar-refractivity contribution in [1.29, 1.82) is 0 Å². The average Bonchev–Trinajstić information content (AvgIpc) is 3.65. The van der Waals surface area contributed by atoms with Crippen LogP contribution in [0.2, 0.25) is 0 Å². The zero-order valence-electron chi connectivity index (χ0n) is 22.0. The van der Waals surface area contributed by atoms with Crippen molar-refractivity contribution in [2.45, 2.75) is 80.2 Å². The number of carbonyl (C=O) groups is 1. The average molecular weight is 580 g/mol. The summed E-state index contributed by atoms with van der Waals surface area (Å²) in [6.45, 7) is 2.65. The molecule has 6 rings (SSSR count). The Morgan fingerprint density at radius 3 is 2.62 bits per heavy atom. The highest BCUT2D eigenvalue weighted by Crippen LogP contribution is 2.42. The molecule has 1 N–H and O–H groups in total. The molecule has 0 radical (unpaired) electrons. The lowest BCUT2D eigenvalue weighted by atomic mass is 9.94. The summed E-state index contributed by atoms with van der Waals surface area (Å²) in [7, 11) is -3.50. The van der Waals surface area contributed by atoms with Gasteiger partial charge in [-0.15, -0.1) is 0 Å². The number of hydrogen-bond acceptors (Lipinski definition) is 10. The van der Waals surface area contributed by atoms with Crippen molar-refractivity contribution in [3.8, 4) is 0 Å². The van der Waals surface area contributed by atoms with Crippen LogP contribution in [0.4, 0.5) is 15.2 Å². The second-order valence-electron chi connectivity index (χ2n) is 11.0. The normalized spacial score (nSPS) is 26.1. The second-order valence-corrected chi connectivity index (χ2v) is 13.7. The van der Waals surface area contributed by atoms with E-state index in [0.717, 1.165) is 69.1 Å². The molecule has 1 amide bonds. The topological polar surface area (TPSA) is 114 Å². The van der Waals surface area contributed by atoms with Gasteiger partial charge >= 0.3 is 0 Å². The van der Waals surface area contributed by atoms with Crippen LogP contribution in [-0.4, -0.2) is 79.0 Å². The molecule has 3 aliphatic heterocycles. The molecule has 1 saturated carbocycles. The van der Waals surface area contributed by atoms with E-state index in [9.17, 15) is 17.6 Å². The molecule has 1 aromatic carbocycles. The van der Waals surface area contributed by atoms with E-state index in [4.69, 9.17) is 14.5 Å². The summed E-state index contributed by atoms with van der Waals surface area (Å²) < 4.78 is 54.8. The maximum Gasteiger partial charge on any atom is 0.245 e. The summed E-state index contributed by atoms with van der Waals surface area (Å²) >= 11 is 1.38. The Balaban J connectivity index is 1.02. The number of halogens is 1. The van der Waals surface area contributed by atoms with Crippen LogP contribution < -0.4 is 10.2 Å². The molecule has 10 nitrogen and oxygen atoms in total. The van der Waals surface area contributed by atoms with Crippen LogP contribution in [0.25, 0.3) is 0 Å². The van der Waals surface area contributed by atoms with Crippen molar-refractivity contribution in [3.05, 3.63) is 29.8 Å². The molecule has 4 heterocycles. The summed E-state index contributed by atoms with van der Waals surface area (Å²) in [4.78, 5) is 22.0. The zero-order chi connectivity index (χ0) is 27.2. The quantitative estimate of drug-likeness (QED) is 0.549. The van der Waals surface area contributed by atoms with E-state index >= 15 is 0 Å². The van der Waals surface area contributed by atoms with Gasteiger partial charge < -0.3 is 24.6 Å². The lowest BCUT2D eigenvalue weighted by Crippen LogP contribution is -2.47. The Morgan fingerprint density at radius 1 is 1.13 bits per heavy atom. The number of nitrogens with one attached hydrogen (secondary N) is 1. The number of hydrogen-bond donors (Lipinski definition) is 1. The minimum atomic E-state index is -3.50. The number of amides is 1. The van der Waals surface area contributed by atoms with Crippen molar-refractivity contribution in [1.82, 2.24) is 14.3 Å². The predicted molar refractivity (Wildman–Crippen MR) is 144 cm³/mol. The smallest absolute Gasteiger partial charge is 0.245 e. The third-order valence-corrected chi connectivity index (χ3v) is 10.2. The summed E-state index contributed by atoms with van der Waals surface area (Å²) in [6.07, 6.45) is 8.37. The van der Waals surface area contributed by atoms with Gasteiger partial charge in [0.25, 0.3) is 0 Å². The fraction of sp³-hybridized carbons (Fsp3) is 0.654. The van der Waals surface area contributed by atoms with E-state index < -0.39 is 27.5 Å². The molecule has 3 saturated heterocycles. The molecule has 1 aliphatic carbocycles. The van der Waals surface area contributed by atoms with E-state index in [1.54, 1.807) is 0 Å². The summed E-state index contributed by atoms with van der Waals surface area (Å²) in [5.74, 6) is -0.488. The maximum atomic E-state index is 14.5. The van der Waals surface area contributed by atoms with Gasteiger partial charge in [0.2, 0.25) is 11.0 Å². The second kappa shape index (κ2) is 10.6. The summed E-state index contributed by atoms with van der Waals surface area (Å²) in [5, 5.41) is 3.85. The van der Waals surface area contributed by atoms with Crippen LogP contribution in [0.1, 0.15) is 63.3 Å². The van der Waals surface area contributed by atoms with Crippen LogP contribution in [0.15, 0.2) is 23.1 Å². The Bertz CT molecular complexity index is 1320. The molecule has 1 aromatic heterocycles. The minimum absolute atomic E-state index is 0.0479. The molecule has 212 valence electrons. The Labute approximate surface area is 232 Å². The Morgan fingerprint density at radius 2 is 1.90 bits per heavy atom. The first-order valence-electron chi connectivity index (χ1n) is 13.7. The molecular weight excluding hydrogens is 545 g/mol. The van der Waals surface area contributed by atoms with E-state index in [0.29, 0.717) is 25.4 Å². The van der Waals surface area contributed by atoms with Gasteiger partial charge in [0.1, 0.15) is 18.0 Å². The Kier molecular flexibility index (Phi) is 7.27. The minimum Gasteiger partial charge on any atom is -0.371 e. The fourth-order valence-electron chi connectivity index (χ4n) is 6.12. The molecular formula is C26H34FN5O5S2. The van der Waals surface area contributed by atoms with Gasteiger partial charge in [-0.25, -0.2) is 17.8 Å². The van der Waals surface area contributed by atoms with Gasteiger partial charge in [0.05, 0.1) is 17.2 Å². The first kappa shape index (κ1) is 26.9. The van der Waals surface area contributed by atoms with Gasteiger partial charge in [-0.1, -0.05) is 6.42 Å². The van der Waals surface area contributed by atoms with Crippen LogP contribution in [0, 0.1) is 5.82 Å². The molecule has 2 atom stereocenters. The zero-order valence-corrected chi connectivity index (χ0v) is 23.6. The highest BCUT2D eigenvalue weighted by atomic mass is 32.2. The number of ether oxygens (including phenoxy) is 2. The van der Waals surface area contributed by atoms with Crippen molar-refractivity contribution >= 4 is 38.1 Å². The van der Waals surface area contributed by atoms with Crippen LogP contribution in [-0.2, 0) is 24.1 Å². The van der Waals surface area contributed by atoms with Crippen LogP contribution >= 0.6 is 11.5 Å². The molecule has 1 spiro atoms. The molecule has 2 unspecified atom stereocenters. The van der Waals surface area contributed by atoms with Crippen molar-refractivity contribution in [3.63, 3.8) is 0 Å². The first-order chi connectivity index (χ1) is 18.7. The van der Waals surface area contributed by atoms with Gasteiger partial charge in [0, 0.05) is 56.3 Å². The summed E-state index contributed by atoms with van der Waals surface area (Å²) in [6, 6.07) is 3.31. The van der Waals surface area contributed by atoms with Gasteiger partial charge in [-0.3, -0.25) is 4.79 Å². The predicted octanol–water partition coefficient (Wildman–Crippen LogP) is 3.51. The largest absolute Gasteiger partial charge is 0.371 e. The number of rotatable bonds is 6. The van der Waals surface area contributed by atoms with E-state index in [1.807, 2.05) is 4.90 Å². The van der Waals surface area contributed by atoms with Crippen molar-refractivity contribution in [2.24, 2.45) is 0 Å². The number of likely N-dealkylation sites (tertiary alicyclic amines) is 1. The van der Waals surface area contributed by atoms with Crippen molar-refractivity contribution in [2.75, 3.05) is 42.7 Å². The van der Waals surface area contributed by atoms with Crippen LogP contribution in [0.3, 0.4) is 0 Å². The number of sulfone groups is 1. The van der Waals surface area contributed by atoms with Crippen molar-refractivity contribution < 1.29 is 27.1 Å². The van der Waals surface area contributed by atoms with E-state index in [-0.39, 0.29) is 28.6 Å². The standard InChI is InChI=1S/C26H34FN5O5S2/c1-39(34,35)18-5-6-20(19(27)15-18)28-21-9-14-32(24(21)33)17-7-12-31(13-8-17)25-29-23(30-38-25)22-16-36-26(37-22)10-3-2-4-11-26/h5-6,15,17,21-22,28H,2-4,7-14,16H2,1H3. The fourth-order valence-corrected chi connectivity index (χ4v) is 7.52. The van der Waals surface area contributed by atoms with Gasteiger partial charge in [0.15, 0.2) is 21.4 Å². The molecule has 4 aliphatic rings. The van der Waals surface area contributed by atoms with Gasteiger partial charge in [-0.2, -0.15) is 4.37 Å². The third-order valence-electron chi connectivity index (χ3n) is 8.30. The molecule has 39 heavy (non-hydrogen) atoms.